The van der Waals surface area contributed by atoms with Crippen LogP contribution in [-0.2, 0) is 9.53 Å². The molecule has 1 amide bonds. The van der Waals surface area contributed by atoms with Crippen LogP contribution in [0.4, 0.5) is 5.69 Å². The first-order valence-electron chi connectivity index (χ1n) is 7.95. The molecule has 2 N–H and O–H groups in total. The maximum atomic E-state index is 12.1. The number of anilines is 1. The van der Waals surface area contributed by atoms with Crippen molar-refractivity contribution in [2.45, 2.75) is 19.9 Å². The first-order valence-corrected chi connectivity index (χ1v) is 7.95. The van der Waals surface area contributed by atoms with E-state index in [4.69, 9.17) is 9.47 Å². The summed E-state index contributed by atoms with van der Waals surface area (Å²) in [4.78, 5) is 16.4. The molecule has 0 radical (unpaired) electrons. The molecule has 1 aromatic heterocycles. The first-order chi connectivity index (χ1) is 11.6. The molecular weight excluding hydrogens is 306 g/mol. The lowest BCUT2D eigenvalue weighted by Gasteiger charge is -2.22. The Morgan fingerprint density at radius 1 is 1.33 bits per heavy atom. The summed E-state index contributed by atoms with van der Waals surface area (Å²) in [5.41, 5.74) is 2.87. The van der Waals surface area contributed by atoms with E-state index in [-0.39, 0.29) is 11.9 Å². The van der Waals surface area contributed by atoms with E-state index < -0.39 is 0 Å². The SMILES string of the molecule is Cc1cccc(Oc2ccc(NC(=O)C3COCCN3)cn2)c1C. The van der Waals surface area contributed by atoms with Gasteiger partial charge in [0.25, 0.3) is 0 Å². The van der Waals surface area contributed by atoms with Crippen LogP contribution < -0.4 is 15.4 Å². The number of pyridine rings is 1. The van der Waals surface area contributed by atoms with Gasteiger partial charge in [-0.05, 0) is 37.1 Å². The third-order valence-corrected chi connectivity index (χ3v) is 4.01. The van der Waals surface area contributed by atoms with Gasteiger partial charge in [0.1, 0.15) is 11.8 Å². The number of ether oxygens (including phenoxy) is 2. The Balaban J connectivity index is 1.62. The Kier molecular flexibility index (Phi) is 5.08. The van der Waals surface area contributed by atoms with Crippen molar-refractivity contribution in [1.29, 1.82) is 0 Å². The number of nitrogens with one attached hydrogen (secondary N) is 2. The molecule has 0 aliphatic carbocycles. The fraction of sp³-hybridized carbons (Fsp3) is 0.333. The van der Waals surface area contributed by atoms with Crippen LogP contribution in [0.15, 0.2) is 36.5 Å². The molecule has 1 aliphatic heterocycles. The molecule has 126 valence electrons. The summed E-state index contributed by atoms with van der Waals surface area (Å²) in [5, 5.41) is 5.94. The van der Waals surface area contributed by atoms with Crippen molar-refractivity contribution in [1.82, 2.24) is 10.3 Å². The predicted molar refractivity (Wildman–Crippen MR) is 91.5 cm³/mol. The number of benzene rings is 1. The molecule has 1 unspecified atom stereocenters. The Morgan fingerprint density at radius 2 is 2.21 bits per heavy atom. The fourth-order valence-electron chi connectivity index (χ4n) is 2.43. The third kappa shape index (κ3) is 3.90. The number of aryl methyl sites for hydroxylation is 1. The van der Waals surface area contributed by atoms with Crippen LogP contribution in [0.5, 0.6) is 11.6 Å². The smallest absolute Gasteiger partial charge is 0.243 e. The molecule has 1 aliphatic rings. The van der Waals surface area contributed by atoms with E-state index in [1.165, 1.54) is 5.56 Å². The molecule has 1 fully saturated rings. The maximum absolute atomic E-state index is 12.1. The number of hydrogen-bond acceptors (Lipinski definition) is 5. The van der Waals surface area contributed by atoms with Crippen LogP contribution in [0, 0.1) is 13.8 Å². The summed E-state index contributed by atoms with van der Waals surface area (Å²) >= 11 is 0. The van der Waals surface area contributed by atoms with Crippen LogP contribution >= 0.6 is 0 Å². The molecule has 0 bridgehead atoms. The quantitative estimate of drug-likeness (QED) is 0.902. The zero-order valence-corrected chi connectivity index (χ0v) is 13.8. The second kappa shape index (κ2) is 7.42. The van der Waals surface area contributed by atoms with Crippen LogP contribution in [0.3, 0.4) is 0 Å². The Hall–Kier alpha value is -2.44. The summed E-state index contributed by atoms with van der Waals surface area (Å²) in [6.07, 6.45) is 1.59. The van der Waals surface area contributed by atoms with Gasteiger partial charge in [-0.2, -0.15) is 0 Å². The Morgan fingerprint density at radius 3 is 2.92 bits per heavy atom. The molecule has 1 saturated heterocycles. The van der Waals surface area contributed by atoms with Gasteiger partial charge in [-0.15, -0.1) is 0 Å². The summed E-state index contributed by atoms with van der Waals surface area (Å²) in [7, 11) is 0. The van der Waals surface area contributed by atoms with Crippen molar-refractivity contribution in [3.05, 3.63) is 47.7 Å². The normalized spacial score (nSPS) is 17.3. The zero-order chi connectivity index (χ0) is 16.9. The molecule has 6 nitrogen and oxygen atoms in total. The number of nitrogens with zero attached hydrogens (tertiary/aromatic N) is 1. The lowest BCUT2D eigenvalue weighted by molar-refractivity contribution is -0.120. The van der Waals surface area contributed by atoms with Crippen LogP contribution in [0.2, 0.25) is 0 Å². The molecule has 1 atom stereocenters. The number of aromatic nitrogens is 1. The van der Waals surface area contributed by atoms with E-state index >= 15 is 0 Å². The van der Waals surface area contributed by atoms with Gasteiger partial charge in [0.2, 0.25) is 11.8 Å². The van der Waals surface area contributed by atoms with Crippen molar-refractivity contribution < 1.29 is 14.3 Å². The second-order valence-corrected chi connectivity index (χ2v) is 5.76. The highest BCUT2D eigenvalue weighted by atomic mass is 16.5. The molecular formula is C18H21N3O3. The monoisotopic (exact) mass is 327 g/mol. The summed E-state index contributed by atoms with van der Waals surface area (Å²) < 4.78 is 11.1. The molecule has 6 heteroatoms. The van der Waals surface area contributed by atoms with Gasteiger partial charge in [0.05, 0.1) is 25.1 Å². The second-order valence-electron chi connectivity index (χ2n) is 5.76. The number of carbonyl (C=O) groups excluding carboxylic acids is 1. The lowest BCUT2D eigenvalue weighted by atomic mass is 10.1. The average Bonchev–Trinajstić information content (AvgIpc) is 2.61. The number of carbonyl (C=O) groups is 1. The predicted octanol–water partition coefficient (Wildman–Crippen LogP) is 2.42. The van der Waals surface area contributed by atoms with E-state index in [0.717, 1.165) is 11.3 Å². The average molecular weight is 327 g/mol. The topological polar surface area (TPSA) is 72.5 Å². The highest BCUT2D eigenvalue weighted by Crippen LogP contribution is 2.26. The van der Waals surface area contributed by atoms with E-state index in [1.807, 2.05) is 32.0 Å². The Bertz CT molecular complexity index is 710. The standard InChI is InChI=1S/C18H21N3O3/c1-12-4-3-5-16(13(12)2)24-17-7-6-14(10-20-17)21-18(22)15-11-23-9-8-19-15/h3-7,10,15,19H,8-9,11H2,1-2H3,(H,21,22). The lowest BCUT2D eigenvalue weighted by Crippen LogP contribution is -2.48. The molecule has 0 saturated carbocycles. The number of rotatable bonds is 4. The molecule has 2 heterocycles. The zero-order valence-electron chi connectivity index (χ0n) is 13.8. The van der Waals surface area contributed by atoms with Gasteiger partial charge in [0.15, 0.2) is 0 Å². The van der Waals surface area contributed by atoms with Crippen LogP contribution in [-0.4, -0.2) is 36.7 Å². The van der Waals surface area contributed by atoms with Crippen molar-refractivity contribution in [2.24, 2.45) is 0 Å². The fourth-order valence-corrected chi connectivity index (χ4v) is 2.43. The molecule has 3 rings (SSSR count). The molecule has 24 heavy (non-hydrogen) atoms. The van der Waals surface area contributed by atoms with Gasteiger partial charge in [0, 0.05) is 12.6 Å². The van der Waals surface area contributed by atoms with Gasteiger partial charge in [-0.25, -0.2) is 4.98 Å². The minimum absolute atomic E-state index is 0.125. The van der Waals surface area contributed by atoms with Crippen molar-refractivity contribution in [3.63, 3.8) is 0 Å². The number of amides is 1. The summed E-state index contributed by atoms with van der Waals surface area (Å²) in [6, 6.07) is 9.08. The molecule has 0 spiro atoms. The third-order valence-electron chi connectivity index (χ3n) is 4.01. The van der Waals surface area contributed by atoms with Crippen molar-refractivity contribution in [3.8, 4) is 11.6 Å². The highest BCUT2D eigenvalue weighted by Gasteiger charge is 2.21. The first kappa shape index (κ1) is 16.4. The number of hydrogen-bond donors (Lipinski definition) is 2. The molecule has 2 aromatic rings. The van der Waals surface area contributed by atoms with E-state index in [2.05, 4.69) is 15.6 Å². The Labute approximate surface area is 141 Å². The molecule has 1 aromatic carbocycles. The van der Waals surface area contributed by atoms with Crippen LogP contribution in [0.1, 0.15) is 11.1 Å². The van der Waals surface area contributed by atoms with Crippen molar-refractivity contribution in [2.75, 3.05) is 25.1 Å². The largest absolute Gasteiger partial charge is 0.439 e. The van der Waals surface area contributed by atoms with Gasteiger partial charge < -0.3 is 20.1 Å². The van der Waals surface area contributed by atoms with Gasteiger partial charge in [-0.3, -0.25) is 4.79 Å². The minimum atomic E-state index is -0.329. The van der Waals surface area contributed by atoms with Crippen LogP contribution in [0.25, 0.3) is 0 Å². The number of morpholine rings is 1. The summed E-state index contributed by atoms with van der Waals surface area (Å²) in [5.74, 6) is 1.14. The van der Waals surface area contributed by atoms with Gasteiger partial charge >= 0.3 is 0 Å². The van der Waals surface area contributed by atoms with Crippen molar-refractivity contribution >= 4 is 11.6 Å². The highest BCUT2D eigenvalue weighted by molar-refractivity contribution is 5.94. The van der Waals surface area contributed by atoms with E-state index in [0.29, 0.717) is 31.3 Å². The minimum Gasteiger partial charge on any atom is -0.439 e. The maximum Gasteiger partial charge on any atom is 0.243 e. The van der Waals surface area contributed by atoms with E-state index in [1.54, 1.807) is 18.3 Å². The van der Waals surface area contributed by atoms with Gasteiger partial charge in [-0.1, -0.05) is 12.1 Å². The van der Waals surface area contributed by atoms with E-state index in [9.17, 15) is 4.79 Å². The summed E-state index contributed by atoms with van der Waals surface area (Å²) in [6.45, 7) is 5.75.